The van der Waals surface area contributed by atoms with Crippen molar-refractivity contribution in [3.63, 3.8) is 0 Å². The number of aromatic amines is 1. The van der Waals surface area contributed by atoms with Crippen LogP contribution in [-0.2, 0) is 4.74 Å². The fourth-order valence-corrected chi connectivity index (χ4v) is 2.03. The van der Waals surface area contributed by atoms with E-state index in [1.165, 1.54) is 13.2 Å². The number of H-pyrrole nitrogens is 1. The zero-order valence-electron chi connectivity index (χ0n) is 9.07. The third-order valence-corrected chi connectivity index (χ3v) is 3.07. The van der Waals surface area contributed by atoms with Gasteiger partial charge < -0.3 is 4.74 Å². The van der Waals surface area contributed by atoms with Gasteiger partial charge in [-0.15, -0.1) is 11.8 Å². The summed E-state index contributed by atoms with van der Waals surface area (Å²) in [5.74, 6) is -1.50. The molecule has 0 saturated carbocycles. The number of esters is 1. The summed E-state index contributed by atoms with van der Waals surface area (Å²) in [6.45, 7) is 0. The average Bonchev–Trinajstić information content (AvgIpc) is 2.78. The summed E-state index contributed by atoms with van der Waals surface area (Å²) in [5, 5.41) is 6.04. The Morgan fingerprint density at radius 3 is 2.76 bits per heavy atom. The molecule has 0 atom stereocenters. The predicted molar refractivity (Wildman–Crippen MR) is 60.2 cm³/mol. The zero-order valence-corrected chi connectivity index (χ0v) is 9.88. The van der Waals surface area contributed by atoms with Crippen LogP contribution >= 0.6 is 11.8 Å². The monoisotopic (exact) mass is 252 g/mol. The van der Waals surface area contributed by atoms with Crippen LogP contribution in [0.4, 0.5) is 0 Å². The fourth-order valence-electron chi connectivity index (χ4n) is 1.52. The van der Waals surface area contributed by atoms with E-state index in [1.54, 1.807) is 6.26 Å². The number of methoxy groups -OCH3 is 1. The Morgan fingerprint density at radius 2 is 2.18 bits per heavy atom. The van der Waals surface area contributed by atoms with E-state index >= 15 is 0 Å². The van der Waals surface area contributed by atoms with Gasteiger partial charge in [0.1, 0.15) is 5.69 Å². The van der Waals surface area contributed by atoms with Gasteiger partial charge in [-0.2, -0.15) is 5.10 Å². The summed E-state index contributed by atoms with van der Waals surface area (Å²) in [7, 11) is 1.19. The lowest BCUT2D eigenvalue weighted by Crippen LogP contribution is -2.17. The largest absolute Gasteiger partial charge is 0.464 e. The Bertz CT molecular complexity index is 559. The highest BCUT2D eigenvalue weighted by atomic mass is 32.2. The molecule has 0 radical (unpaired) electrons. The third kappa shape index (κ3) is 1.68. The summed E-state index contributed by atoms with van der Waals surface area (Å²) < 4.78 is 4.51. The molecule has 0 fully saturated rings. The second-order valence-corrected chi connectivity index (χ2v) is 4.07. The lowest BCUT2D eigenvalue weighted by atomic mass is 9.99. The highest BCUT2D eigenvalue weighted by Gasteiger charge is 2.33. The number of nitrogens with zero attached hydrogens (tertiary/aromatic N) is 1. The van der Waals surface area contributed by atoms with Gasteiger partial charge in [0.25, 0.3) is 0 Å². The average molecular weight is 252 g/mol. The number of rotatable bonds is 2. The van der Waals surface area contributed by atoms with E-state index in [-0.39, 0.29) is 27.6 Å². The summed E-state index contributed by atoms with van der Waals surface area (Å²) in [6, 6.07) is 0. The number of carbonyl (C=O) groups excluding carboxylic acids is 3. The van der Waals surface area contributed by atoms with Gasteiger partial charge in [0.05, 0.1) is 17.6 Å². The molecule has 1 heterocycles. The van der Waals surface area contributed by atoms with Crippen LogP contribution in [0.2, 0.25) is 0 Å². The van der Waals surface area contributed by atoms with Crippen molar-refractivity contribution in [2.75, 3.05) is 13.4 Å². The van der Waals surface area contributed by atoms with Crippen molar-refractivity contribution in [2.45, 2.75) is 0 Å². The van der Waals surface area contributed by atoms with Crippen LogP contribution in [0, 0.1) is 0 Å². The number of ketones is 2. The lowest BCUT2D eigenvalue weighted by Gasteiger charge is -2.09. The first kappa shape index (κ1) is 11.6. The van der Waals surface area contributed by atoms with Crippen LogP contribution in [0.15, 0.2) is 11.0 Å². The minimum absolute atomic E-state index is 0.00583. The Kier molecular flexibility index (Phi) is 2.84. The van der Waals surface area contributed by atoms with E-state index in [9.17, 15) is 14.4 Å². The van der Waals surface area contributed by atoms with Crippen LogP contribution < -0.4 is 0 Å². The molecule has 6 nitrogen and oxygen atoms in total. The highest BCUT2D eigenvalue weighted by molar-refractivity contribution is 8.03. The van der Waals surface area contributed by atoms with E-state index in [1.807, 2.05) is 0 Å². The first-order valence-electron chi connectivity index (χ1n) is 4.61. The Hall–Kier alpha value is -1.89. The van der Waals surface area contributed by atoms with E-state index in [0.717, 1.165) is 11.8 Å². The molecule has 1 N–H and O–H groups in total. The molecule has 2 rings (SSSR count). The molecule has 1 aromatic heterocycles. The first-order valence-corrected chi connectivity index (χ1v) is 5.84. The molecule has 0 aliphatic heterocycles. The molecule has 0 spiro atoms. The highest BCUT2D eigenvalue weighted by Crippen LogP contribution is 2.27. The molecular weight excluding hydrogens is 244 g/mol. The van der Waals surface area contributed by atoms with Gasteiger partial charge in [0.2, 0.25) is 11.6 Å². The molecule has 0 bridgehead atoms. The predicted octanol–water partition coefficient (Wildman–Crippen LogP) is 0.822. The smallest absolute Gasteiger partial charge is 0.356 e. The van der Waals surface area contributed by atoms with Crippen molar-refractivity contribution in [3.05, 3.63) is 27.9 Å². The standard InChI is InChI=1S/C10H8N2O4S/c1-16-10(15)8-6-7(11-12-8)4(13)3-5(17-2)9(6)14/h3H,1-2H3,(H,11,12). The van der Waals surface area contributed by atoms with Gasteiger partial charge >= 0.3 is 5.97 Å². The molecule has 17 heavy (non-hydrogen) atoms. The number of Topliss-reactive ketones (excluding diaryl/α,β-unsaturated/α-hetero) is 1. The Balaban J connectivity index is 2.60. The molecule has 1 aliphatic rings. The summed E-state index contributed by atoms with van der Waals surface area (Å²) in [5.41, 5.74) is -0.123. The number of carbonyl (C=O) groups is 3. The van der Waals surface area contributed by atoms with Crippen molar-refractivity contribution in [2.24, 2.45) is 0 Å². The van der Waals surface area contributed by atoms with Crippen molar-refractivity contribution < 1.29 is 19.1 Å². The second-order valence-electron chi connectivity index (χ2n) is 3.22. The fraction of sp³-hybridized carbons (Fsp3) is 0.200. The molecule has 0 unspecified atom stereocenters. The lowest BCUT2D eigenvalue weighted by molar-refractivity contribution is 0.0591. The maximum absolute atomic E-state index is 12.0. The minimum Gasteiger partial charge on any atom is -0.464 e. The maximum atomic E-state index is 12.0. The molecule has 7 heteroatoms. The number of thioether (sulfide) groups is 1. The number of ether oxygens (including phenoxy) is 1. The Labute approximate surface area is 100 Å². The molecule has 0 aromatic carbocycles. The number of fused-ring (bicyclic) bond motifs is 1. The van der Waals surface area contributed by atoms with Crippen LogP contribution in [-0.4, -0.2) is 41.1 Å². The third-order valence-electron chi connectivity index (χ3n) is 2.32. The van der Waals surface area contributed by atoms with E-state index < -0.39 is 11.8 Å². The van der Waals surface area contributed by atoms with E-state index in [4.69, 9.17) is 0 Å². The van der Waals surface area contributed by atoms with Gasteiger partial charge in [-0.05, 0) is 6.26 Å². The van der Waals surface area contributed by atoms with Gasteiger partial charge in [0, 0.05) is 6.08 Å². The normalized spacial score (nSPS) is 14.4. The molecular formula is C10H8N2O4S. The topological polar surface area (TPSA) is 89.1 Å². The number of hydrogen-bond acceptors (Lipinski definition) is 6. The molecule has 0 amide bonds. The van der Waals surface area contributed by atoms with Crippen LogP contribution in [0.3, 0.4) is 0 Å². The molecule has 0 saturated heterocycles. The molecule has 88 valence electrons. The summed E-state index contributed by atoms with van der Waals surface area (Å²) in [4.78, 5) is 35.3. The van der Waals surface area contributed by atoms with Gasteiger partial charge in [-0.3, -0.25) is 14.7 Å². The first-order chi connectivity index (χ1) is 8.10. The quantitative estimate of drug-likeness (QED) is 0.784. The van der Waals surface area contributed by atoms with Gasteiger partial charge in [-0.25, -0.2) is 4.79 Å². The number of hydrogen-bond donors (Lipinski definition) is 1. The van der Waals surface area contributed by atoms with Crippen molar-refractivity contribution >= 4 is 29.3 Å². The minimum atomic E-state index is -0.720. The summed E-state index contributed by atoms with van der Waals surface area (Å²) in [6.07, 6.45) is 2.90. The van der Waals surface area contributed by atoms with Gasteiger partial charge in [-0.1, -0.05) is 0 Å². The molecule has 1 aromatic rings. The van der Waals surface area contributed by atoms with Crippen LogP contribution in [0.5, 0.6) is 0 Å². The van der Waals surface area contributed by atoms with Crippen molar-refractivity contribution in [1.29, 1.82) is 0 Å². The Morgan fingerprint density at radius 1 is 1.47 bits per heavy atom. The van der Waals surface area contributed by atoms with Crippen LogP contribution in [0.1, 0.15) is 31.3 Å². The number of aromatic nitrogens is 2. The van der Waals surface area contributed by atoms with E-state index in [0.29, 0.717) is 0 Å². The van der Waals surface area contributed by atoms with Crippen LogP contribution in [0.25, 0.3) is 0 Å². The molecule has 1 aliphatic carbocycles. The number of nitrogens with one attached hydrogen (secondary N) is 1. The SMILES string of the molecule is COC(=O)c1[nH]nc2c1C(=O)C(SC)=CC2=O. The van der Waals surface area contributed by atoms with Crippen molar-refractivity contribution in [1.82, 2.24) is 10.2 Å². The van der Waals surface area contributed by atoms with Gasteiger partial charge in [0.15, 0.2) is 5.69 Å². The second kappa shape index (κ2) is 4.17. The number of allylic oxidation sites excluding steroid dienone is 2. The zero-order chi connectivity index (χ0) is 12.6. The maximum Gasteiger partial charge on any atom is 0.356 e. The van der Waals surface area contributed by atoms with Crippen molar-refractivity contribution in [3.8, 4) is 0 Å². The van der Waals surface area contributed by atoms with E-state index in [2.05, 4.69) is 14.9 Å². The summed E-state index contributed by atoms with van der Waals surface area (Å²) >= 11 is 1.15.